The number of rotatable bonds is 5. The maximum absolute atomic E-state index is 12.7. The van der Waals surface area contributed by atoms with Crippen molar-refractivity contribution in [2.24, 2.45) is 5.92 Å². The smallest absolute Gasteiger partial charge is 0.316 e. The molecule has 0 amide bonds. The number of ether oxygens (including phenoxy) is 1. The summed E-state index contributed by atoms with van der Waals surface area (Å²) in [5.74, 6) is 0.255. The van der Waals surface area contributed by atoms with Crippen molar-refractivity contribution in [3.05, 3.63) is 40.3 Å². The molecular formula is C17H21N3O3S2. The summed E-state index contributed by atoms with van der Waals surface area (Å²) in [5.41, 5.74) is 0. The van der Waals surface area contributed by atoms with Gasteiger partial charge in [0.1, 0.15) is 4.75 Å². The highest BCUT2D eigenvalue weighted by atomic mass is 32.2. The van der Waals surface area contributed by atoms with E-state index in [0.29, 0.717) is 32.1 Å². The van der Waals surface area contributed by atoms with E-state index in [0.717, 1.165) is 6.54 Å². The zero-order valence-electron chi connectivity index (χ0n) is 14.1. The number of nitrogens with zero attached hydrogens (tertiary/aromatic N) is 3. The summed E-state index contributed by atoms with van der Waals surface area (Å²) in [4.78, 5) is 12.9. The van der Waals surface area contributed by atoms with Gasteiger partial charge in [0.25, 0.3) is 0 Å². The lowest BCUT2D eigenvalue weighted by Gasteiger charge is -2.49. The van der Waals surface area contributed by atoms with Gasteiger partial charge < -0.3 is 4.74 Å². The predicted octanol–water partition coefficient (Wildman–Crippen LogP) is 1.91. The van der Waals surface area contributed by atoms with Crippen molar-refractivity contribution in [2.75, 3.05) is 25.4 Å². The topological polar surface area (TPSA) is 72.4 Å². The minimum Gasteiger partial charge on any atom is -0.463 e. The Bertz CT molecular complexity index is 845. The lowest BCUT2D eigenvalue weighted by Crippen LogP contribution is -2.67. The Hall–Kier alpha value is -1.51. The molecule has 0 N–H and O–H groups in total. The zero-order valence-corrected chi connectivity index (χ0v) is 15.7. The summed E-state index contributed by atoms with van der Waals surface area (Å²) in [5, 5.41) is 0. The van der Waals surface area contributed by atoms with Crippen molar-refractivity contribution >= 4 is 21.2 Å². The van der Waals surface area contributed by atoms with Gasteiger partial charge in [0, 0.05) is 47.7 Å². The van der Waals surface area contributed by atoms with Crippen LogP contribution in [0.3, 0.4) is 0 Å². The molecule has 2 aliphatic rings. The molecule has 0 aromatic carbocycles. The SMILES string of the molecule is Cc1ccc(CN2CC3(C2)[C@H](COc2ncccn2)CCS3(=O)=O)s1. The van der Waals surface area contributed by atoms with E-state index in [1.165, 1.54) is 9.75 Å². The number of sulfone groups is 1. The van der Waals surface area contributed by atoms with E-state index < -0.39 is 14.6 Å². The first-order valence-corrected chi connectivity index (χ1v) is 10.9. The maximum atomic E-state index is 12.7. The summed E-state index contributed by atoms with van der Waals surface area (Å²) in [6.45, 7) is 4.46. The largest absolute Gasteiger partial charge is 0.463 e. The van der Waals surface area contributed by atoms with Gasteiger partial charge in [0.05, 0.1) is 12.4 Å². The number of aromatic nitrogens is 2. The average Bonchev–Trinajstić information content (AvgIpc) is 3.08. The van der Waals surface area contributed by atoms with Crippen LogP contribution in [0.5, 0.6) is 6.01 Å². The number of likely N-dealkylation sites (tertiary alicyclic amines) is 1. The summed E-state index contributed by atoms with van der Waals surface area (Å²) in [6, 6.07) is 6.27. The molecule has 0 aliphatic carbocycles. The Kier molecular flexibility index (Phi) is 4.29. The molecule has 0 unspecified atom stereocenters. The Labute approximate surface area is 151 Å². The quantitative estimate of drug-likeness (QED) is 0.790. The third kappa shape index (κ3) is 3.07. The molecule has 8 heteroatoms. The molecule has 2 fully saturated rings. The van der Waals surface area contributed by atoms with Gasteiger partial charge >= 0.3 is 6.01 Å². The van der Waals surface area contributed by atoms with E-state index in [-0.39, 0.29) is 11.7 Å². The number of thiophene rings is 1. The molecule has 4 rings (SSSR count). The molecule has 134 valence electrons. The van der Waals surface area contributed by atoms with Crippen LogP contribution in [-0.2, 0) is 16.4 Å². The fourth-order valence-electron chi connectivity index (χ4n) is 3.86. The molecule has 0 saturated carbocycles. The molecule has 0 bridgehead atoms. The molecule has 2 aromatic heterocycles. The van der Waals surface area contributed by atoms with Crippen LogP contribution < -0.4 is 4.74 Å². The predicted molar refractivity (Wildman–Crippen MR) is 96.5 cm³/mol. The summed E-state index contributed by atoms with van der Waals surface area (Å²) < 4.78 is 30.4. The zero-order chi connectivity index (χ0) is 17.5. The van der Waals surface area contributed by atoms with E-state index in [9.17, 15) is 8.42 Å². The molecule has 25 heavy (non-hydrogen) atoms. The van der Waals surface area contributed by atoms with Crippen molar-refractivity contribution in [3.63, 3.8) is 0 Å². The van der Waals surface area contributed by atoms with Gasteiger partial charge in [-0.2, -0.15) is 0 Å². The highest BCUT2D eigenvalue weighted by Crippen LogP contribution is 2.45. The van der Waals surface area contributed by atoms with E-state index in [1.54, 1.807) is 29.8 Å². The maximum Gasteiger partial charge on any atom is 0.316 e. The molecule has 0 radical (unpaired) electrons. The average molecular weight is 380 g/mol. The van der Waals surface area contributed by atoms with Crippen molar-refractivity contribution in [3.8, 4) is 6.01 Å². The van der Waals surface area contributed by atoms with Crippen LogP contribution in [0.1, 0.15) is 16.2 Å². The van der Waals surface area contributed by atoms with Crippen molar-refractivity contribution in [2.45, 2.75) is 24.6 Å². The standard InChI is InChI=1S/C17H21N3O3S2/c1-13-3-4-15(24-13)9-20-11-17(12-20)14(5-8-25(17,21)22)10-23-16-18-6-2-7-19-16/h2-4,6-7,14H,5,8-12H2,1H3/t14-/m0/s1. The van der Waals surface area contributed by atoms with Crippen molar-refractivity contribution < 1.29 is 13.2 Å². The van der Waals surface area contributed by atoms with Crippen LogP contribution in [0, 0.1) is 12.8 Å². The van der Waals surface area contributed by atoms with Gasteiger partial charge in [0.2, 0.25) is 0 Å². The molecular weight excluding hydrogens is 358 g/mol. The first-order valence-electron chi connectivity index (χ1n) is 8.38. The fraction of sp³-hybridized carbons (Fsp3) is 0.529. The van der Waals surface area contributed by atoms with Gasteiger partial charge in [-0.15, -0.1) is 11.3 Å². The molecule has 4 heterocycles. The summed E-state index contributed by atoms with van der Waals surface area (Å²) >= 11 is 1.77. The Morgan fingerprint density at radius 2 is 2.08 bits per heavy atom. The monoisotopic (exact) mass is 379 g/mol. The van der Waals surface area contributed by atoms with Gasteiger partial charge in [-0.25, -0.2) is 18.4 Å². The van der Waals surface area contributed by atoms with Gasteiger partial charge in [-0.05, 0) is 31.5 Å². The second kappa shape index (κ2) is 6.34. The van der Waals surface area contributed by atoms with E-state index in [1.807, 2.05) is 0 Å². The number of hydrogen-bond donors (Lipinski definition) is 0. The second-order valence-corrected chi connectivity index (χ2v) is 10.7. The second-order valence-electron chi connectivity index (χ2n) is 6.87. The van der Waals surface area contributed by atoms with Crippen LogP contribution in [-0.4, -0.2) is 53.5 Å². The van der Waals surface area contributed by atoms with Crippen LogP contribution in [0.4, 0.5) is 0 Å². The van der Waals surface area contributed by atoms with Gasteiger partial charge in [0.15, 0.2) is 9.84 Å². The van der Waals surface area contributed by atoms with Crippen molar-refractivity contribution in [1.29, 1.82) is 0 Å². The van der Waals surface area contributed by atoms with E-state index in [4.69, 9.17) is 4.74 Å². The van der Waals surface area contributed by atoms with Crippen LogP contribution in [0.2, 0.25) is 0 Å². The third-order valence-electron chi connectivity index (χ3n) is 5.21. The summed E-state index contributed by atoms with van der Waals surface area (Å²) in [6.07, 6.45) is 3.90. The van der Waals surface area contributed by atoms with E-state index in [2.05, 4.69) is 33.9 Å². The van der Waals surface area contributed by atoms with Crippen molar-refractivity contribution in [1.82, 2.24) is 14.9 Å². The molecule has 2 aromatic rings. The van der Waals surface area contributed by atoms with Gasteiger partial charge in [-0.3, -0.25) is 4.90 Å². The Morgan fingerprint density at radius 1 is 1.32 bits per heavy atom. The molecule has 2 aliphatic heterocycles. The number of hydrogen-bond acceptors (Lipinski definition) is 7. The van der Waals surface area contributed by atoms with E-state index >= 15 is 0 Å². The third-order valence-corrected chi connectivity index (χ3v) is 8.80. The molecule has 1 spiro atoms. The highest BCUT2D eigenvalue weighted by molar-refractivity contribution is 7.93. The van der Waals surface area contributed by atoms with Crippen LogP contribution in [0.25, 0.3) is 0 Å². The molecule has 1 atom stereocenters. The first kappa shape index (κ1) is 16.9. The minimum absolute atomic E-state index is 0.00243. The van der Waals surface area contributed by atoms with Crippen LogP contribution in [0.15, 0.2) is 30.6 Å². The molecule has 6 nitrogen and oxygen atoms in total. The Morgan fingerprint density at radius 3 is 2.76 bits per heavy atom. The number of aryl methyl sites for hydroxylation is 1. The lowest BCUT2D eigenvalue weighted by atomic mass is 9.83. The summed E-state index contributed by atoms with van der Waals surface area (Å²) in [7, 11) is -3.08. The molecule has 2 saturated heterocycles. The Balaban J connectivity index is 1.43. The minimum atomic E-state index is -3.08. The lowest BCUT2D eigenvalue weighted by molar-refractivity contribution is 0.0580. The normalized spacial score (nSPS) is 24.3. The first-order chi connectivity index (χ1) is 12.0. The fourth-order valence-corrected chi connectivity index (χ4v) is 7.24. The highest BCUT2D eigenvalue weighted by Gasteiger charge is 2.61. The van der Waals surface area contributed by atoms with Gasteiger partial charge in [-0.1, -0.05) is 0 Å². The van der Waals surface area contributed by atoms with Crippen LogP contribution >= 0.6 is 11.3 Å².